The highest BCUT2D eigenvalue weighted by molar-refractivity contribution is 5.50. The molecule has 0 aromatic heterocycles. The smallest absolute Gasteiger partial charge is 0.127 e. The standard InChI is InChI=1S/C17H21NO2/c1-12-6-5-7-14(10-12)18-13(2)16-9-8-15(19-3)11-17(16)20-4/h5-11,13,18H,1-4H3. The topological polar surface area (TPSA) is 30.5 Å². The summed E-state index contributed by atoms with van der Waals surface area (Å²) in [7, 11) is 3.33. The third kappa shape index (κ3) is 3.23. The van der Waals surface area contributed by atoms with E-state index in [1.807, 2.05) is 18.2 Å². The van der Waals surface area contributed by atoms with Gasteiger partial charge in [-0.25, -0.2) is 0 Å². The van der Waals surface area contributed by atoms with Crippen molar-refractivity contribution in [3.05, 3.63) is 53.6 Å². The Morgan fingerprint density at radius 3 is 2.45 bits per heavy atom. The molecule has 0 aliphatic heterocycles. The highest BCUT2D eigenvalue weighted by atomic mass is 16.5. The molecule has 1 N–H and O–H groups in total. The van der Waals surface area contributed by atoms with E-state index >= 15 is 0 Å². The number of methoxy groups -OCH3 is 2. The summed E-state index contributed by atoms with van der Waals surface area (Å²) in [5, 5.41) is 3.49. The normalized spacial score (nSPS) is 11.8. The first-order chi connectivity index (χ1) is 9.63. The summed E-state index contributed by atoms with van der Waals surface area (Å²) in [5.41, 5.74) is 3.45. The molecular weight excluding hydrogens is 250 g/mol. The van der Waals surface area contributed by atoms with Gasteiger partial charge in [-0.2, -0.15) is 0 Å². The second-order valence-electron chi connectivity index (χ2n) is 4.84. The fourth-order valence-corrected chi connectivity index (χ4v) is 2.24. The lowest BCUT2D eigenvalue weighted by Crippen LogP contribution is -2.08. The molecule has 0 bridgehead atoms. The van der Waals surface area contributed by atoms with Gasteiger partial charge in [0.2, 0.25) is 0 Å². The molecule has 3 heteroatoms. The van der Waals surface area contributed by atoms with Gasteiger partial charge in [0, 0.05) is 17.3 Å². The summed E-state index contributed by atoms with van der Waals surface area (Å²) in [6.07, 6.45) is 0. The molecule has 0 spiro atoms. The van der Waals surface area contributed by atoms with Crippen LogP contribution in [0.3, 0.4) is 0 Å². The summed E-state index contributed by atoms with van der Waals surface area (Å²) >= 11 is 0. The van der Waals surface area contributed by atoms with E-state index in [-0.39, 0.29) is 6.04 Å². The van der Waals surface area contributed by atoms with Crippen molar-refractivity contribution in [3.63, 3.8) is 0 Å². The predicted molar refractivity (Wildman–Crippen MR) is 82.8 cm³/mol. The van der Waals surface area contributed by atoms with Crippen molar-refractivity contribution >= 4 is 5.69 Å². The van der Waals surface area contributed by atoms with Crippen molar-refractivity contribution in [2.45, 2.75) is 19.9 Å². The molecule has 20 heavy (non-hydrogen) atoms. The highest BCUT2D eigenvalue weighted by Gasteiger charge is 2.12. The maximum atomic E-state index is 5.45. The molecule has 0 aliphatic carbocycles. The molecule has 1 atom stereocenters. The molecule has 2 rings (SSSR count). The number of rotatable bonds is 5. The average Bonchev–Trinajstić information content (AvgIpc) is 2.46. The molecule has 0 fully saturated rings. The van der Waals surface area contributed by atoms with Crippen LogP contribution in [-0.2, 0) is 0 Å². The molecule has 3 nitrogen and oxygen atoms in total. The molecule has 106 valence electrons. The SMILES string of the molecule is COc1ccc(C(C)Nc2cccc(C)c2)c(OC)c1. The number of benzene rings is 2. The first kappa shape index (κ1) is 14.3. The fourth-order valence-electron chi connectivity index (χ4n) is 2.24. The molecule has 1 unspecified atom stereocenters. The van der Waals surface area contributed by atoms with Gasteiger partial charge in [-0.05, 0) is 43.7 Å². The Kier molecular flexibility index (Phi) is 4.51. The molecule has 2 aromatic rings. The van der Waals surface area contributed by atoms with E-state index < -0.39 is 0 Å². The average molecular weight is 271 g/mol. The quantitative estimate of drug-likeness (QED) is 0.884. The largest absolute Gasteiger partial charge is 0.497 e. The van der Waals surface area contributed by atoms with Crippen LogP contribution < -0.4 is 14.8 Å². The Balaban J connectivity index is 2.22. The Bertz CT molecular complexity index is 581. The van der Waals surface area contributed by atoms with E-state index in [1.54, 1.807) is 14.2 Å². The summed E-state index contributed by atoms with van der Waals surface area (Å²) in [5.74, 6) is 1.63. The Labute approximate surface area is 120 Å². The van der Waals surface area contributed by atoms with Crippen LogP contribution in [0.1, 0.15) is 24.1 Å². The first-order valence-electron chi connectivity index (χ1n) is 6.69. The van der Waals surface area contributed by atoms with Crippen molar-refractivity contribution in [2.24, 2.45) is 0 Å². The van der Waals surface area contributed by atoms with Gasteiger partial charge in [0.1, 0.15) is 11.5 Å². The van der Waals surface area contributed by atoms with Crippen LogP contribution in [0.4, 0.5) is 5.69 Å². The van der Waals surface area contributed by atoms with Crippen LogP contribution in [0, 0.1) is 6.92 Å². The zero-order valence-electron chi connectivity index (χ0n) is 12.4. The molecule has 2 aromatic carbocycles. The molecule has 0 heterocycles. The lowest BCUT2D eigenvalue weighted by molar-refractivity contribution is 0.390. The molecule has 0 amide bonds. The van der Waals surface area contributed by atoms with Gasteiger partial charge in [0.05, 0.1) is 20.3 Å². The minimum absolute atomic E-state index is 0.151. The van der Waals surface area contributed by atoms with Gasteiger partial charge in [-0.1, -0.05) is 12.1 Å². The van der Waals surface area contributed by atoms with Gasteiger partial charge in [0.25, 0.3) is 0 Å². The zero-order valence-corrected chi connectivity index (χ0v) is 12.4. The summed E-state index contributed by atoms with van der Waals surface area (Å²) in [6.45, 7) is 4.20. The van der Waals surface area contributed by atoms with Gasteiger partial charge >= 0.3 is 0 Å². The van der Waals surface area contributed by atoms with Crippen LogP contribution >= 0.6 is 0 Å². The second kappa shape index (κ2) is 6.33. The lowest BCUT2D eigenvalue weighted by Gasteiger charge is -2.19. The number of aryl methyl sites for hydroxylation is 1. The minimum Gasteiger partial charge on any atom is -0.497 e. The maximum absolute atomic E-state index is 5.45. The molecule has 0 saturated carbocycles. The molecule has 0 saturated heterocycles. The van der Waals surface area contributed by atoms with E-state index in [9.17, 15) is 0 Å². The Morgan fingerprint density at radius 1 is 1.00 bits per heavy atom. The first-order valence-corrected chi connectivity index (χ1v) is 6.69. The van der Waals surface area contributed by atoms with Crippen LogP contribution in [0.2, 0.25) is 0 Å². The Hall–Kier alpha value is -2.16. The number of hydrogen-bond donors (Lipinski definition) is 1. The van der Waals surface area contributed by atoms with E-state index in [2.05, 4.69) is 43.4 Å². The van der Waals surface area contributed by atoms with Crippen molar-refractivity contribution in [2.75, 3.05) is 19.5 Å². The third-order valence-electron chi connectivity index (χ3n) is 3.31. The lowest BCUT2D eigenvalue weighted by atomic mass is 10.1. The van der Waals surface area contributed by atoms with E-state index in [4.69, 9.17) is 9.47 Å². The third-order valence-corrected chi connectivity index (χ3v) is 3.31. The van der Waals surface area contributed by atoms with Gasteiger partial charge in [-0.3, -0.25) is 0 Å². The van der Waals surface area contributed by atoms with E-state index in [0.29, 0.717) is 0 Å². The fraction of sp³-hybridized carbons (Fsp3) is 0.294. The number of anilines is 1. The molecular formula is C17H21NO2. The summed E-state index contributed by atoms with van der Waals surface area (Å²) in [4.78, 5) is 0. The predicted octanol–water partition coefficient (Wildman–Crippen LogP) is 4.19. The molecule has 0 aliphatic rings. The number of nitrogens with one attached hydrogen (secondary N) is 1. The van der Waals surface area contributed by atoms with Crippen molar-refractivity contribution in [1.29, 1.82) is 0 Å². The second-order valence-corrected chi connectivity index (χ2v) is 4.84. The highest BCUT2D eigenvalue weighted by Crippen LogP contribution is 2.31. The van der Waals surface area contributed by atoms with E-state index in [0.717, 1.165) is 22.7 Å². The Morgan fingerprint density at radius 2 is 1.80 bits per heavy atom. The van der Waals surface area contributed by atoms with Gasteiger partial charge in [-0.15, -0.1) is 0 Å². The van der Waals surface area contributed by atoms with E-state index in [1.165, 1.54) is 5.56 Å². The summed E-state index contributed by atoms with van der Waals surface area (Å²) < 4.78 is 10.7. The van der Waals surface area contributed by atoms with Crippen LogP contribution in [0.25, 0.3) is 0 Å². The zero-order chi connectivity index (χ0) is 14.5. The van der Waals surface area contributed by atoms with Crippen molar-refractivity contribution in [3.8, 4) is 11.5 Å². The number of ether oxygens (including phenoxy) is 2. The van der Waals surface area contributed by atoms with Crippen molar-refractivity contribution in [1.82, 2.24) is 0 Å². The van der Waals surface area contributed by atoms with Crippen LogP contribution in [0.15, 0.2) is 42.5 Å². The molecule has 0 radical (unpaired) electrons. The van der Waals surface area contributed by atoms with Gasteiger partial charge < -0.3 is 14.8 Å². The summed E-state index contributed by atoms with van der Waals surface area (Å²) in [6, 6.07) is 14.4. The van der Waals surface area contributed by atoms with Crippen LogP contribution in [0.5, 0.6) is 11.5 Å². The maximum Gasteiger partial charge on any atom is 0.127 e. The minimum atomic E-state index is 0.151. The van der Waals surface area contributed by atoms with Crippen LogP contribution in [-0.4, -0.2) is 14.2 Å². The van der Waals surface area contributed by atoms with Gasteiger partial charge in [0.15, 0.2) is 0 Å². The monoisotopic (exact) mass is 271 g/mol. The number of hydrogen-bond acceptors (Lipinski definition) is 3. The van der Waals surface area contributed by atoms with Crippen molar-refractivity contribution < 1.29 is 9.47 Å².